The molecule has 0 spiro atoms. The van der Waals surface area contributed by atoms with Gasteiger partial charge in [0.2, 0.25) is 11.8 Å². The number of hydrogen-bond donors (Lipinski definition) is 2. The van der Waals surface area contributed by atoms with E-state index in [0.717, 1.165) is 30.6 Å². The molecule has 1 aliphatic rings. The molecule has 0 aromatic heterocycles. The molecule has 1 saturated heterocycles. The molecule has 30 heavy (non-hydrogen) atoms. The van der Waals surface area contributed by atoms with Gasteiger partial charge in [-0.1, -0.05) is 12.1 Å². The molecule has 2 N–H and O–H groups in total. The number of carbonyl (C=O) groups is 2. The number of ether oxygens (including phenoxy) is 1. The zero-order valence-electron chi connectivity index (χ0n) is 17.2. The SMILES string of the molecule is COc1cccc(CCNC(=O)C2CCN(CC(=O)Nc3ccc(F)cc3)CC2)c1. The van der Waals surface area contributed by atoms with Gasteiger partial charge in [-0.05, 0) is 74.3 Å². The number of piperidine rings is 1. The Hall–Kier alpha value is -2.93. The van der Waals surface area contributed by atoms with Crippen LogP contribution in [-0.2, 0) is 16.0 Å². The average molecular weight is 413 g/mol. The van der Waals surface area contributed by atoms with Crippen LogP contribution in [0.15, 0.2) is 48.5 Å². The van der Waals surface area contributed by atoms with Crippen LogP contribution in [-0.4, -0.2) is 50.0 Å². The number of nitrogens with zero attached hydrogens (tertiary/aromatic N) is 1. The Balaban J connectivity index is 1.35. The molecule has 1 aliphatic heterocycles. The second-order valence-corrected chi connectivity index (χ2v) is 7.50. The van der Waals surface area contributed by atoms with E-state index in [1.165, 1.54) is 24.3 Å². The monoisotopic (exact) mass is 413 g/mol. The van der Waals surface area contributed by atoms with Crippen molar-refractivity contribution in [2.24, 2.45) is 5.92 Å². The van der Waals surface area contributed by atoms with Crippen molar-refractivity contribution < 1.29 is 18.7 Å². The summed E-state index contributed by atoms with van der Waals surface area (Å²) in [6.07, 6.45) is 2.22. The molecule has 160 valence electrons. The number of carbonyl (C=O) groups excluding carboxylic acids is 2. The van der Waals surface area contributed by atoms with E-state index in [1.807, 2.05) is 29.2 Å². The smallest absolute Gasteiger partial charge is 0.238 e. The Morgan fingerprint density at radius 3 is 2.57 bits per heavy atom. The van der Waals surface area contributed by atoms with E-state index in [2.05, 4.69) is 10.6 Å². The largest absolute Gasteiger partial charge is 0.497 e. The van der Waals surface area contributed by atoms with Crippen LogP contribution in [0.25, 0.3) is 0 Å². The molecule has 1 heterocycles. The van der Waals surface area contributed by atoms with Crippen LogP contribution >= 0.6 is 0 Å². The van der Waals surface area contributed by atoms with Crippen molar-refractivity contribution in [3.05, 3.63) is 59.9 Å². The number of benzene rings is 2. The summed E-state index contributed by atoms with van der Waals surface area (Å²) in [6.45, 7) is 2.25. The number of anilines is 1. The zero-order valence-corrected chi connectivity index (χ0v) is 17.2. The van der Waals surface area contributed by atoms with Crippen molar-refractivity contribution in [3.63, 3.8) is 0 Å². The van der Waals surface area contributed by atoms with Gasteiger partial charge in [-0.3, -0.25) is 14.5 Å². The standard InChI is InChI=1S/C23H28FN3O3/c1-30-21-4-2-3-17(15-21)9-12-25-23(29)18-10-13-27(14-11-18)16-22(28)26-20-7-5-19(24)6-8-20/h2-8,15,18H,9-14,16H2,1H3,(H,25,29)(H,26,28). The van der Waals surface area contributed by atoms with Crippen molar-refractivity contribution in [1.82, 2.24) is 10.2 Å². The Morgan fingerprint density at radius 1 is 1.13 bits per heavy atom. The number of halogens is 1. The van der Waals surface area contributed by atoms with Gasteiger partial charge in [0.05, 0.1) is 13.7 Å². The maximum Gasteiger partial charge on any atom is 0.238 e. The fraction of sp³-hybridized carbons (Fsp3) is 0.391. The van der Waals surface area contributed by atoms with Gasteiger partial charge in [-0.25, -0.2) is 4.39 Å². The maximum absolute atomic E-state index is 12.9. The van der Waals surface area contributed by atoms with E-state index >= 15 is 0 Å². The lowest BCUT2D eigenvalue weighted by Gasteiger charge is -2.30. The van der Waals surface area contributed by atoms with E-state index in [0.29, 0.717) is 25.3 Å². The van der Waals surface area contributed by atoms with Gasteiger partial charge in [0.1, 0.15) is 11.6 Å². The minimum absolute atomic E-state index is 0.0216. The first kappa shape index (κ1) is 21.8. The molecule has 7 heteroatoms. The summed E-state index contributed by atoms with van der Waals surface area (Å²) in [6, 6.07) is 13.5. The van der Waals surface area contributed by atoms with Crippen LogP contribution in [0.3, 0.4) is 0 Å². The van der Waals surface area contributed by atoms with Crippen molar-refractivity contribution in [2.45, 2.75) is 19.3 Å². The van der Waals surface area contributed by atoms with E-state index in [1.54, 1.807) is 7.11 Å². The predicted molar refractivity (Wildman–Crippen MR) is 114 cm³/mol. The summed E-state index contributed by atoms with van der Waals surface area (Å²) >= 11 is 0. The van der Waals surface area contributed by atoms with Gasteiger partial charge in [-0.15, -0.1) is 0 Å². The van der Waals surface area contributed by atoms with Gasteiger partial charge in [0.15, 0.2) is 0 Å². The Kier molecular flexibility index (Phi) is 7.79. The molecular weight excluding hydrogens is 385 g/mol. The normalized spacial score (nSPS) is 14.9. The van der Waals surface area contributed by atoms with Crippen molar-refractivity contribution in [3.8, 4) is 5.75 Å². The molecule has 0 radical (unpaired) electrons. The average Bonchev–Trinajstić information content (AvgIpc) is 2.76. The summed E-state index contributed by atoms with van der Waals surface area (Å²) in [5.74, 6) is 0.398. The highest BCUT2D eigenvalue weighted by molar-refractivity contribution is 5.92. The lowest BCUT2D eigenvalue weighted by molar-refractivity contribution is -0.126. The number of amides is 2. The minimum Gasteiger partial charge on any atom is -0.497 e. The Labute approximate surface area is 176 Å². The Morgan fingerprint density at radius 2 is 1.87 bits per heavy atom. The summed E-state index contributed by atoms with van der Waals surface area (Å²) < 4.78 is 18.2. The molecule has 6 nitrogen and oxygen atoms in total. The predicted octanol–water partition coefficient (Wildman–Crippen LogP) is 2.84. The first-order valence-electron chi connectivity index (χ1n) is 10.2. The molecule has 0 bridgehead atoms. The van der Waals surface area contributed by atoms with Gasteiger partial charge >= 0.3 is 0 Å². The number of rotatable bonds is 8. The van der Waals surface area contributed by atoms with Crippen LogP contribution in [0.2, 0.25) is 0 Å². The molecule has 0 atom stereocenters. The van der Waals surface area contributed by atoms with Crippen molar-refractivity contribution in [1.29, 1.82) is 0 Å². The Bertz CT molecular complexity index is 849. The number of hydrogen-bond acceptors (Lipinski definition) is 4. The second-order valence-electron chi connectivity index (χ2n) is 7.50. The summed E-state index contributed by atoms with van der Waals surface area (Å²) in [5.41, 5.74) is 1.70. The fourth-order valence-corrected chi connectivity index (χ4v) is 3.59. The minimum atomic E-state index is -0.336. The molecule has 2 aromatic rings. The highest BCUT2D eigenvalue weighted by atomic mass is 19.1. The number of methoxy groups -OCH3 is 1. The quantitative estimate of drug-likeness (QED) is 0.698. The van der Waals surface area contributed by atoms with Crippen LogP contribution in [0.5, 0.6) is 5.75 Å². The van der Waals surface area contributed by atoms with Crippen LogP contribution < -0.4 is 15.4 Å². The lowest BCUT2D eigenvalue weighted by atomic mass is 9.96. The number of likely N-dealkylation sites (tertiary alicyclic amines) is 1. The molecule has 0 unspecified atom stereocenters. The molecule has 2 amide bonds. The second kappa shape index (κ2) is 10.7. The third kappa shape index (κ3) is 6.56. The van der Waals surface area contributed by atoms with Gasteiger partial charge in [-0.2, -0.15) is 0 Å². The highest BCUT2D eigenvalue weighted by Gasteiger charge is 2.25. The van der Waals surface area contributed by atoms with Crippen LogP contribution in [0.4, 0.5) is 10.1 Å². The first-order chi connectivity index (χ1) is 14.5. The summed E-state index contributed by atoms with van der Waals surface area (Å²) in [4.78, 5) is 26.7. The highest BCUT2D eigenvalue weighted by Crippen LogP contribution is 2.18. The molecule has 0 aliphatic carbocycles. The zero-order chi connectivity index (χ0) is 21.3. The molecule has 2 aromatic carbocycles. The summed E-state index contributed by atoms with van der Waals surface area (Å²) in [5, 5.41) is 5.79. The van der Waals surface area contributed by atoms with Gasteiger partial charge in [0.25, 0.3) is 0 Å². The maximum atomic E-state index is 12.9. The topological polar surface area (TPSA) is 70.7 Å². The van der Waals surface area contributed by atoms with Crippen molar-refractivity contribution in [2.75, 3.05) is 38.6 Å². The van der Waals surface area contributed by atoms with Crippen molar-refractivity contribution >= 4 is 17.5 Å². The third-order valence-electron chi connectivity index (χ3n) is 5.30. The van der Waals surface area contributed by atoms with E-state index in [4.69, 9.17) is 4.74 Å². The van der Waals surface area contributed by atoms with E-state index < -0.39 is 0 Å². The van der Waals surface area contributed by atoms with E-state index in [-0.39, 0.29) is 30.1 Å². The third-order valence-corrected chi connectivity index (χ3v) is 5.30. The molecule has 0 saturated carbocycles. The van der Waals surface area contributed by atoms with Gasteiger partial charge < -0.3 is 15.4 Å². The molecular formula is C23H28FN3O3. The molecule has 3 rings (SSSR count). The first-order valence-corrected chi connectivity index (χ1v) is 10.2. The summed E-state index contributed by atoms with van der Waals surface area (Å²) in [7, 11) is 1.64. The number of nitrogens with one attached hydrogen (secondary N) is 2. The van der Waals surface area contributed by atoms with Gasteiger partial charge in [0, 0.05) is 18.2 Å². The van der Waals surface area contributed by atoms with Crippen LogP contribution in [0.1, 0.15) is 18.4 Å². The van der Waals surface area contributed by atoms with Crippen LogP contribution in [0, 0.1) is 11.7 Å². The fourth-order valence-electron chi connectivity index (χ4n) is 3.59. The molecule has 1 fully saturated rings. The lowest BCUT2D eigenvalue weighted by Crippen LogP contribution is -2.43. The van der Waals surface area contributed by atoms with E-state index in [9.17, 15) is 14.0 Å².